The molecule has 0 bridgehead atoms. The Kier molecular flexibility index (Phi) is 2.11. The van der Waals surface area contributed by atoms with Gasteiger partial charge in [0.2, 0.25) is 5.78 Å². The van der Waals surface area contributed by atoms with Gasteiger partial charge in [0.1, 0.15) is 5.75 Å². The van der Waals surface area contributed by atoms with E-state index in [1.165, 1.54) is 14.2 Å². The lowest BCUT2D eigenvalue weighted by molar-refractivity contribution is 0.101. The number of methoxy groups -OCH3 is 2. The van der Waals surface area contributed by atoms with Gasteiger partial charge in [-0.15, -0.1) is 0 Å². The van der Waals surface area contributed by atoms with Gasteiger partial charge >= 0.3 is 0 Å². The minimum Gasteiger partial charge on any atom is -0.497 e. The molecule has 1 heterocycles. The zero-order chi connectivity index (χ0) is 11.0. The Balaban J connectivity index is 2.62. The fourth-order valence-electron chi connectivity index (χ4n) is 1.44. The molecule has 4 heteroatoms. The Labute approximate surface area is 87.1 Å². The first kappa shape index (κ1) is 9.58. The van der Waals surface area contributed by atoms with Crippen molar-refractivity contribution in [2.75, 3.05) is 14.2 Å². The van der Waals surface area contributed by atoms with E-state index in [0.29, 0.717) is 22.8 Å². The second kappa shape index (κ2) is 3.31. The number of Topliss-reactive ketones (excluding diaryl/α,β-unsaturated/α-hetero) is 1. The maximum absolute atomic E-state index is 11.6. The Morgan fingerprint density at radius 2 is 2.00 bits per heavy atom. The number of fused-ring (bicyclic) bond motifs is 1. The van der Waals surface area contributed by atoms with E-state index in [2.05, 4.69) is 6.58 Å². The summed E-state index contributed by atoms with van der Waals surface area (Å²) in [4.78, 5) is 11.6. The number of carbonyl (C=O) groups is 1. The highest BCUT2D eigenvalue weighted by Gasteiger charge is 2.29. The molecule has 2 rings (SSSR count). The van der Waals surface area contributed by atoms with Crippen LogP contribution in [0.25, 0.3) is 0 Å². The van der Waals surface area contributed by atoms with Gasteiger partial charge in [-0.3, -0.25) is 4.79 Å². The third-order valence-electron chi connectivity index (χ3n) is 2.21. The van der Waals surface area contributed by atoms with Crippen molar-refractivity contribution in [3.05, 3.63) is 30.0 Å². The monoisotopic (exact) mass is 206 g/mol. The van der Waals surface area contributed by atoms with Crippen LogP contribution in [0.5, 0.6) is 17.2 Å². The van der Waals surface area contributed by atoms with E-state index >= 15 is 0 Å². The number of rotatable bonds is 2. The van der Waals surface area contributed by atoms with Crippen LogP contribution < -0.4 is 14.2 Å². The molecule has 78 valence electrons. The van der Waals surface area contributed by atoms with Gasteiger partial charge in [-0.2, -0.15) is 0 Å². The number of ketones is 1. The first-order valence-corrected chi connectivity index (χ1v) is 4.35. The molecule has 0 aliphatic carbocycles. The van der Waals surface area contributed by atoms with E-state index in [4.69, 9.17) is 14.2 Å². The van der Waals surface area contributed by atoms with Gasteiger partial charge < -0.3 is 14.2 Å². The normalized spacial score (nSPS) is 13.5. The summed E-state index contributed by atoms with van der Waals surface area (Å²) in [6.07, 6.45) is 0. The van der Waals surface area contributed by atoms with Gasteiger partial charge in [0.15, 0.2) is 17.3 Å². The number of hydrogen-bond acceptors (Lipinski definition) is 4. The summed E-state index contributed by atoms with van der Waals surface area (Å²) in [5, 5.41) is 0. The van der Waals surface area contributed by atoms with E-state index in [0.717, 1.165) is 0 Å². The van der Waals surface area contributed by atoms with Crippen molar-refractivity contribution in [2.45, 2.75) is 0 Å². The number of allylic oxidation sites excluding steroid dienone is 1. The lowest BCUT2D eigenvalue weighted by Crippen LogP contribution is -1.95. The molecule has 0 N–H and O–H groups in total. The van der Waals surface area contributed by atoms with E-state index in [-0.39, 0.29) is 11.5 Å². The summed E-state index contributed by atoms with van der Waals surface area (Å²) in [5.41, 5.74) is 0.427. The lowest BCUT2D eigenvalue weighted by Gasteiger charge is -2.07. The second-order valence-electron chi connectivity index (χ2n) is 3.06. The van der Waals surface area contributed by atoms with Crippen LogP contribution in [0.4, 0.5) is 0 Å². The predicted molar refractivity (Wildman–Crippen MR) is 53.6 cm³/mol. The third kappa shape index (κ3) is 1.34. The molecule has 4 nitrogen and oxygen atoms in total. The minimum absolute atomic E-state index is 0.108. The summed E-state index contributed by atoms with van der Waals surface area (Å²) in [7, 11) is 3.03. The van der Waals surface area contributed by atoms with Crippen LogP contribution in [-0.4, -0.2) is 20.0 Å². The highest BCUT2D eigenvalue weighted by atomic mass is 16.5. The summed E-state index contributed by atoms with van der Waals surface area (Å²) in [6.45, 7) is 3.51. The van der Waals surface area contributed by atoms with Crippen LogP contribution in [0.3, 0.4) is 0 Å². The first-order chi connectivity index (χ1) is 7.17. The molecule has 0 unspecified atom stereocenters. The van der Waals surface area contributed by atoms with Crippen LogP contribution in [0.2, 0.25) is 0 Å². The molecule has 0 amide bonds. The molecule has 0 saturated carbocycles. The maximum atomic E-state index is 11.6. The third-order valence-corrected chi connectivity index (χ3v) is 2.21. The summed E-state index contributed by atoms with van der Waals surface area (Å²) < 4.78 is 15.4. The molecule has 15 heavy (non-hydrogen) atoms. The predicted octanol–water partition coefficient (Wildman–Crippen LogP) is 1.79. The van der Waals surface area contributed by atoms with E-state index < -0.39 is 0 Å². The molecule has 0 saturated heterocycles. The SMILES string of the molecule is C=C1Oc2c(OC)cc(OC)cc2C1=O. The fourth-order valence-corrected chi connectivity index (χ4v) is 1.44. The molecule has 1 aliphatic heterocycles. The smallest absolute Gasteiger partial charge is 0.231 e. The van der Waals surface area contributed by atoms with Crippen molar-refractivity contribution in [2.24, 2.45) is 0 Å². The number of ether oxygens (including phenoxy) is 3. The Bertz CT molecular complexity index is 448. The van der Waals surface area contributed by atoms with Crippen LogP contribution >= 0.6 is 0 Å². The van der Waals surface area contributed by atoms with Crippen molar-refractivity contribution in [1.29, 1.82) is 0 Å². The van der Waals surface area contributed by atoms with Crippen LogP contribution in [0.1, 0.15) is 10.4 Å². The largest absolute Gasteiger partial charge is 0.497 e. The van der Waals surface area contributed by atoms with Gasteiger partial charge in [-0.05, 0) is 6.07 Å². The Hall–Kier alpha value is -1.97. The number of hydrogen-bond donors (Lipinski definition) is 0. The summed E-state index contributed by atoms with van der Waals surface area (Å²) >= 11 is 0. The lowest BCUT2D eigenvalue weighted by atomic mass is 10.1. The zero-order valence-corrected chi connectivity index (χ0v) is 8.49. The zero-order valence-electron chi connectivity index (χ0n) is 8.49. The van der Waals surface area contributed by atoms with E-state index in [9.17, 15) is 4.79 Å². The van der Waals surface area contributed by atoms with Crippen LogP contribution in [0, 0.1) is 0 Å². The second-order valence-corrected chi connectivity index (χ2v) is 3.06. The van der Waals surface area contributed by atoms with E-state index in [1.54, 1.807) is 12.1 Å². The molecule has 0 spiro atoms. The highest BCUT2D eigenvalue weighted by molar-refractivity contribution is 6.12. The van der Waals surface area contributed by atoms with Crippen molar-refractivity contribution in [1.82, 2.24) is 0 Å². The maximum Gasteiger partial charge on any atom is 0.231 e. The van der Waals surface area contributed by atoms with Crippen molar-refractivity contribution in [3.8, 4) is 17.2 Å². The van der Waals surface area contributed by atoms with Gasteiger partial charge in [-0.25, -0.2) is 0 Å². The molecular formula is C11H10O4. The van der Waals surface area contributed by atoms with Crippen molar-refractivity contribution in [3.63, 3.8) is 0 Å². The van der Waals surface area contributed by atoms with E-state index in [1.807, 2.05) is 0 Å². The van der Waals surface area contributed by atoms with Gasteiger partial charge in [0.05, 0.1) is 19.8 Å². The molecule has 1 aromatic carbocycles. The van der Waals surface area contributed by atoms with Crippen LogP contribution in [0.15, 0.2) is 24.5 Å². The van der Waals surface area contributed by atoms with Gasteiger partial charge in [0, 0.05) is 6.07 Å². The molecule has 1 aromatic rings. The standard InChI is InChI=1S/C11H10O4/c1-6-10(12)8-4-7(13-2)5-9(14-3)11(8)15-6/h4-5H,1H2,2-3H3. The van der Waals surface area contributed by atoms with Gasteiger partial charge in [-0.1, -0.05) is 6.58 Å². The molecule has 0 fully saturated rings. The molecule has 1 aliphatic rings. The fraction of sp³-hybridized carbons (Fsp3) is 0.182. The summed E-state index contributed by atoms with van der Waals surface area (Å²) in [5.74, 6) is 1.31. The summed E-state index contributed by atoms with van der Waals surface area (Å²) in [6, 6.07) is 3.27. The molecule has 0 aromatic heterocycles. The number of benzene rings is 1. The quantitative estimate of drug-likeness (QED) is 0.692. The number of carbonyl (C=O) groups excluding carboxylic acids is 1. The topological polar surface area (TPSA) is 44.8 Å². The molecular weight excluding hydrogens is 196 g/mol. The molecule has 0 atom stereocenters. The van der Waals surface area contributed by atoms with Crippen molar-refractivity contribution >= 4 is 5.78 Å². The minimum atomic E-state index is -0.234. The van der Waals surface area contributed by atoms with Crippen molar-refractivity contribution < 1.29 is 19.0 Å². The highest BCUT2D eigenvalue weighted by Crippen LogP contribution is 2.41. The van der Waals surface area contributed by atoms with Crippen LogP contribution in [-0.2, 0) is 0 Å². The average Bonchev–Trinajstić information content (AvgIpc) is 2.54. The average molecular weight is 206 g/mol. The Morgan fingerprint density at radius 1 is 1.27 bits per heavy atom. The first-order valence-electron chi connectivity index (χ1n) is 4.35. The Morgan fingerprint density at radius 3 is 2.60 bits per heavy atom. The van der Waals surface area contributed by atoms with Gasteiger partial charge in [0.25, 0.3) is 0 Å². The molecule has 0 radical (unpaired) electrons.